The Bertz CT molecular complexity index is 917. The first-order valence-corrected chi connectivity index (χ1v) is 8.94. The summed E-state index contributed by atoms with van der Waals surface area (Å²) in [5, 5.41) is 18.2. The third-order valence-corrected chi connectivity index (χ3v) is 4.86. The Morgan fingerprint density at radius 2 is 2.07 bits per heavy atom. The van der Waals surface area contributed by atoms with Crippen LogP contribution in [0.2, 0.25) is 0 Å². The summed E-state index contributed by atoms with van der Waals surface area (Å²) in [7, 11) is 1.54. The minimum atomic E-state index is -1.22. The maximum Gasteiger partial charge on any atom is 0.341 e. The third-order valence-electron chi connectivity index (χ3n) is 4.86. The molecule has 0 radical (unpaired) electrons. The molecule has 1 unspecified atom stereocenters. The standard InChI is InChI=1S/C20H23NO6/c1-3-13-7-12-8-19(27-6-4-5-22)18(26-2)9-14(12)16-10-17(23)15(20(24)25)11-21(13)16/h8-11,13,22H,3-7H2,1-2H3,(H,24,25). The smallest absolute Gasteiger partial charge is 0.341 e. The number of ether oxygens (including phenoxy) is 2. The van der Waals surface area contributed by atoms with E-state index in [4.69, 9.17) is 14.6 Å². The van der Waals surface area contributed by atoms with E-state index < -0.39 is 11.4 Å². The number of nitrogens with zero attached hydrogens (tertiary/aromatic N) is 1. The zero-order valence-electron chi connectivity index (χ0n) is 15.4. The van der Waals surface area contributed by atoms with Crippen LogP contribution in [0.4, 0.5) is 0 Å². The van der Waals surface area contributed by atoms with Crippen molar-refractivity contribution < 1.29 is 24.5 Å². The minimum Gasteiger partial charge on any atom is -0.493 e. The number of methoxy groups -OCH3 is 1. The molecule has 1 aliphatic rings. The summed E-state index contributed by atoms with van der Waals surface area (Å²) in [5.74, 6) is -0.0957. The lowest BCUT2D eigenvalue weighted by atomic mass is 9.90. The molecule has 144 valence electrons. The van der Waals surface area contributed by atoms with E-state index in [0.717, 1.165) is 17.5 Å². The molecule has 0 aliphatic carbocycles. The Balaban J connectivity index is 2.14. The molecule has 2 N–H and O–H groups in total. The van der Waals surface area contributed by atoms with Crippen LogP contribution in [0.1, 0.15) is 41.7 Å². The molecule has 2 aromatic rings. The molecule has 27 heavy (non-hydrogen) atoms. The van der Waals surface area contributed by atoms with Crippen LogP contribution in [0.25, 0.3) is 11.3 Å². The first-order valence-electron chi connectivity index (χ1n) is 8.94. The van der Waals surface area contributed by atoms with Gasteiger partial charge in [-0.2, -0.15) is 0 Å². The molecule has 1 aromatic carbocycles. The molecule has 2 heterocycles. The largest absolute Gasteiger partial charge is 0.493 e. The highest BCUT2D eigenvalue weighted by Gasteiger charge is 2.26. The molecule has 3 rings (SSSR count). The molecule has 1 aromatic heterocycles. The summed E-state index contributed by atoms with van der Waals surface area (Å²) in [6, 6.07) is 5.16. The van der Waals surface area contributed by atoms with Crippen molar-refractivity contribution in [1.82, 2.24) is 4.57 Å². The average molecular weight is 373 g/mol. The van der Waals surface area contributed by atoms with Crippen LogP contribution in [-0.4, -0.2) is 41.1 Å². The van der Waals surface area contributed by atoms with Gasteiger partial charge in [0.05, 0.1) is 19.4 Å². The van der Waals surface area contributed by atoms with Crippen LogP contribution in [-0.2, 0) is 6.42 Å². The topological polar surface area (TPSA) is 98.0 Å². The van der Waals surface area contributed by atoms with Gasteiger partial charge in [-0.05, 0) is 30.5 Å². The van der Waals surface area contributed by atoms with Crippen molar-refractivity contribution in [2.24, 2.45) is 0 Å². The summed E-state index contributed by atoms with van der Waals surface area (Å²) < 4.78 is 13.0. The number of benzene rings is 1. The zero-order valence-corrected chi connectivity index (χ0v) is 15.4. The predicted molar refractivity (Wildman–Crippen MR) is 99.9 cm³/mol. The van der Waals surface area contributed by atoms with Crippen LogP contribution in [0.3, 0.4) is 0 Å². The molecule has 7 nitrogen and oxygen atoms in total. The molecular weight excluding hydrogens is 350 g/mol. The monoisotopic (exact) mass is 373 g/mol. The lowest BCUT2D eigenvalue weighted by Gasteiger charge is -2.31. The number of carbonyl (C=O) groups is 1. The van der Waals surface area contributed by atoms with E-state index >= 15 is 0 Å². The second-order valence-corrected chi connectivity index (χ2v) is 6.50. The lowest BCUT2D eigenvalue weighted by Crippen LogP contribution is -2.25. The van der Waals surface area contributed by atoms with E-state index in [1.54, 1.807) is 7.11 Å². The van der Waals surface area contributed by atoms with Crippen LogP contribution in [0.5, 0.6) is 11.5 Å². The van der Waals surface area contributed by atoms with Gasteiger partial charge in [-0.25, -0.2) is 4.79 Å². The number of aromatic nitrogens is 1. The Hall–Kier alpha value is -2.80. The molecule has 0 saturated carbocycles. The Kier molecular flexibility index (Phi) is 5.51. The average Bonchev–Trinajstić information content (AvgIpc) is 2.66. The van der Waals surface area contributed by atoms with Gasteiger partial charge < -0.3 is 24.3 Å². The maximum atomic E-state index is 12.3. The molecule has 0 spiro atoms. The Morgan fingerprint density at radius 1 is 1.30 bits per heavy atom. The van der Waals surface area contributed by atoms with Gasteiger partial charge in [0.15, 0.2) is 16.9 Å². The first kappa shape index (κ1) is 19.0. The van der Waals surface area contributed by atoms with E-state index in [9.17, 15) is 14.7 Å². The van der Waals surface area contributed by atoms with Crippen molar-refractivity contribution in [3.63, 3.8) is 0 Å². The van der Waals surface area contributed by atoms with Gasteiger partial charge in [0.2, 0.25) is 0 Å². The predicted octanol–water partition coefficient (Wildman–Crippen LogP) is 2.49. The fourth-order valence-electron chi connectivity index (χ4n) is 3.45. The van der Waals surface area contributed by atoms with Crippen molar-refractivity contribution in [3.05, 3.63) is 45.7 Å². The summed E-state index contributed by atoms with van der Waals surface area (Å²) in [4.78, 5) is 23.6. The van der Waals surface area contributed by atoms with Gasteiger partial charge in [-0.15, -0.1) is 0 Å². The van der Waals surface area contributed by atoms with Crippen LogP contribution in [0.15, 0.2) is 29.2 Å². The summed E-state index contributed by atoms with van der Waals surface area (Å²) in [6.07, 6.45) is 3.45. The molecule has 1 atom stereocenters. The molecular formula is C20H23NO6. The number of aliphatic hydroxyl groups excluding tert-OH is 1. The van der Waals surface area contributed by atoms with Gasteiger partial charge >= 0.3 is 5.97 Å². The van der Waals surface area contributed by atoms with Crippen molar-refractivity contribution in [2.75, 3.05) is 20.3 Å². The highest BCUT2D eigenvalue weighted by molar-refractivity contribution is 5.87. The van der Waals surface area contributed by atoms with E-state index in [-0.39, 0.29) is 18.2 Å². The highest BCUT2D eigenvalue weighted by atomic mass is 16.5. The number of pyridine rings is 1. The molecule has 1 aliphatic heterocycles. The number of aromatic carboxylic acids is 1. The molecule has 0 amide bonds. The Morgan fingerprint density at radius 3 is 2.70 bits per heavy atom. The maximum absolute atomic E-state index is 12.3. The van der Waals surface area contributed by atoms with Crippen molar-refractivity contribution in [3.8, 4) is 22.8 Å². The molecule has 0 saturated heterocycles. The summed E-state index contributed by atoms with van der Waals surface area (Å²) in [6.45, 7) is 2.45. The highest BCUT2D eigenvalue weighted by Crippen LogP contribution is 2.41. The fourth-order valence-corrected chi connectivity index (χ4v) is 3.45. The van der Waals surface area contributed by atoms with Crippen molar-refractivity contribution in [2.45, 2.75) is 32.2 Å². The second-order valence-electron chi connectivity index (χ2n) is 6.50. The molecule has 0 fully saturated rings. The number of carboxylic acid groups (broad SMARTS) is 1. The number of rotatable bonds is 7. The number of fused-ring (bicyclic) bond motifs is 3. The van der Waals surface area contributed by atoms with Crippen molar-refractivity contribution >= 4 is 5.97 Å². The Labute approximate surface area is 156 Å². The fraction of sp³-hybridized carbons (Fsp3) is 0.400. The van der Waals surface area contributed by atoms with Crippen molar-refractivity contribution in [1.29, 1.82) is 0 Å². The zero-order chi connectivity index (χ0) is 19.6. The van der Waals surface area contributed by atoms with Gasteiger partial charge in [-0.3, -0.25) is 4.79 Å². The normalized spacial score (nSPS) is 15.0. The summed E-state index contributed by atoms with van der Waals surface area (Å²) >= 11 is 0. The van der Waals surface area contributed by atoms with E-state index in [1.807, 2.05) is 23.6 Å². The van der Waals surface area contributed by atoms with Gasteiger partial charge in [-0.1, -0.05) is 6.92 Å². The van der Waals surface area contributed by atoms with Gasteiger partial charge in [0, 0.05) is 36.9 Å². The molecule has 0 bridgehead atoms. The van der Waals surface area contributed by atoms with E-state index in [1.165, 1.54) is 12.3 Å². The van der Waals surface area contributed by atoms with E-state index in [0.29, 0.717) is 36.6 Å². The van der Waals surface area contributed by atoms with Gasteiger partial charge in [0.1, 0.15) is 5.56 Å². The third kappa shape index (κ3) is 3.55. The van der Waals surface area contributed by atoms with Gasteiger partial charge in [0.25, 0.3) is 0 Å². The quantitative estimate of drug-likeness (QED) is 0.724. The lowest BCUT2D eigenvalue weighted by molar-refractivity contribution is 0.0694. The number of hydrogen-bond donors (Lipinski definition) is 2. The second kappa shape index (κ2) is 7.84. The SMILES string of the molecule is CCC1Cc2cc(OCCCO)c(OC)cc2-c2cc(=O)c(C(=O)O)cn21. The molecule has 7 heteroatoms. The van der Waals surface area contributed by atoms with Crippen LogP contribution in [0, 0.1) is 0 Å². The number of hydrogen-bond acceptors (Lipinski definition) is 5. The van der Waals surface area contributed by atoms with Crippen LogP contribution >= 0.6 is 0 Å². The minimum absolute atomic E-state index is 0.0462. The van der Waals surface area contributed by atoms with Crippen LogP contribution < -0.4 is 14.9 Å². The van der Waals surface area contributed by atoms with E-state index in [2.05, 4.69) is 0 Å². The number of aliphatic hydroxyl groups is 1. The number of carboxylic acids is 1. The summed E-state index contributed by atoms with van der Waals surface area (Å²) in [5.41, 5.74) is 1.79. The first-order chi connectivity index (χ1) is 13.0.